The molecule has 2 aromatic rings. The van der Waals surface area contributed by atoms with Gasteiger partial charge in [0, 0.05) is 16.5 Å². The molecule has 1 saturated carbocycles. The van der Waals surface area contributed by atoms with Gasteiger partial charge in [-0.1, -0.05) is 6.07 Å². The van der Waals surface area contributed by atoms with Crippen molar-refractivity contribution in [2.45, 2.75) is 70.4 Å². The first kappa shape index (κ1) is 23.7. The van der Waals surface area contributed by atoms with Crippen molar-refractivity contribution < 1.29 is 31.9 Å². The number of fused-ring (bicyclic) bond motifs is 1. The molecule has 10 heteroatoms. The van der Waals surface area contributed by atoms with Crippen molar-refractivity contribution >= 4 is 28.2 Å². The molecule has 0 saturated heterocycles. The van der Waals surface area contributed by atoms with Crippen LogP contribution in [0, 0.1) is 5.82 Å². The van der Waals surface area contributed by atoms with Crippen LogP contribution in [0.15, 0.2) is 18.2 Å². The number of halogens is 4. The maximum atomic E-state index is 14.4. The molecule has 4 rings (SSSR count). The summed E-state index contributed by atoms with van der Waals surface area (Å²) >= 11 is 1.06. The van der Waals surface area contributed by atoms with Gasteiger partial charge in [0.25, 0.3) is 11.8 Å². The normalized spacial score (nSPS) is 19.0. The Morgan fingerprint density at radius 3 is 2.30 bits per heavy atom. The van der Waals surface area contributed by atoms with Gasteiger partial charge in [0.05, 0.1) is 27.9 Å². The molecule has 33 heavy (non-hydrogen) atoms. The molecule has 1 aromatic heterocycles. The van der Waals surface area contributed by atoms with Crippen molar-refractivity contribution in [1.82, 2.24) is 5.32 Å². The number of nitrogens with one attached hydrogen (secondary N) is 2. The number of thiophene rings is 1. The number of rotatable bonds is 4. The standard InChI is InChI=1S/C23H24F4N2O3S/c1-21(2)16-15(19(31)28-11-7-5-8-11)20(33-17(16)22(3,4)32-21)29-18(30)14-12(23(25,26)27)9-6-10-13(14)24/h6,9-11H,5,7-8H2,1-4H3,(H,28,31)(H,29,30). The Morgan fingerprint density at radius 2 is 1.73 bits per heavy atom. The lowest BCUT2D eigenvalue weighted by Crippen LogP contribution is -2.40. The van der Waals surface area contributed by atoms with E-state index >= 15 is 0 Å². The van der Waals surface area contributed by atoms with E-state index in [1.54, 1.807) is 13.8 Å². The van der Waals surface area contributed by atoms with Crippen molar-refractivity contribution in [1.29, 1.82) is 0 Å². The van der Waals surface area contributed by atoms with Crippen LogP contribution < -0.4 is 10.6 Å². The van der Waals surface area contributed by atoms with Crippen molar-refractivity contribution in [2.75, 3.05) is 5.32 Å². The molecule has 0 unspecified atom stereocenters. The van der Waals surface area contributed by atoms with Gasteiger partial charge >= 0.3 is 6.18 Å². The maximum absolute atomic E-state index is 14.4. The first-order valence-electron chi connectivity index (χ1n) is 10.6. The summed E-state index contributed by atoms with van der Waals surface area (Å²) in [7, 11) is 0. The highest BCUT2D eigenvalue weighted by molar-refractivity contribution is 7.17. The van der Waals surface area contributed by atoms with Crippen LogP contribution in [0.2, 0.25) is 0 Å². The van der Waals surface area contributed by atoms with Gasteiger partial charge in [0.15, 0.2) is 0 Å². The Bertz CT molecular complexity index is 1130. The number of benzene rings is 1. The first-order chi connectivity index (χ1) is 15.2. The highest BCUT2D eigenvalue weighted by Crippen LogP contribution is 2.54. The van der Waals surface area contributed by atoms with Crippen LogP contribution in [0.5, 0.6) is 0 Å². The maximum Gasteiger partial charge on any atom is 0.417 e. The average molecular weight is 485 g/mol. The fourth-order valence-electron chi connectivity index (χ4n) is 4.44. The van der Waals surface area contributed by atoms with E-state index in [1.807, 2.05) is 13.8 Å². The molecule has 2 aliphatic rings. The van der Waals surface area contributed by atoms with Gasteiger partial charge in [-0.15, -0.1) is 11.3 Å². The number of carbonyl (C=O) groups excluding carboxylic acids is 2. The Hall–Kier alpha value is -2.46. The zero-order chi connectivity index (χ0) is 24.3. The third kappa shape index (κ3) is 4.14. The zero-order valence-corrected chi connectivity index (χ0v) is 19.4. The van der Waals surface area contributed by atoms with Gasteiger partial charge in [0.1, 0.15) is 10.8 Å². The third-order valence-corrected chi connectivity index (χ3v) is 7.42. The topological polar surface area (TPSA) is 67.4 Å². The molecule has 0 bridgehead atoms. The van der Waals surface area contributed by atoms with Crippen LogP contribution >= 0.6 is 11.3 Å². The van der Waals surface area contributed by atoms with Crippen molar-refractivity contribution in [3.63, 3.8) is 0 Å². The van der Waals surface area contributed by atoms with Gasteiger partial charge in [-0.25, -0.2) is 4.39 Å². The molecule has 1 aromatic carbocycles. The minimum atomic E-state index is -4.92. The Labute approximate surface area is 192 Å². The highest BCUT2D eigenvalue weighted by Gasteiger charge is 2.49. The molecule has 2 heterocycles. The van der Waals surface area contributed by atoms with Crippen molar-refractivity contribution in [3.05, 3.63) is 51.1 Å². The number of hydrogen-bond acceptors (Lipinski definition) is 4. The van der Waals surface area contributed by atoms with Crippen LogP contribution in [-0.4, -0.2) is 17.9 Å². The lowest BCUT2D eigenvalue weighted by molar-refractivity contribution is -0.138. The second-order valence-electron chi connectivity index (χ2n) is 9.35. The molecule has 0 spiro atoms. The van der Waals surface area contributed by atoms with E-state index in [0.29, 0.717) is 16.5 Å². The summed E-state index contributed by atoms with van der Waals surface area (Å²) in [6.07, 6.45) is -2.27. The molecular formula is C23H24F4N2O3S. The Morgan fingerprint density at radius 1 is 1.06 bits per heavy atom. The predicted molar refractivity (Wildman–Crippen MR) is 116 cm³/mol. The summed E-state index contributed by atoms with van der Waals surface area (Å²) in [4.78, 5) is 26.8. The highest BCUT2D eigenvalue weighted by atomic mass is 32.1. The largest absolute Gasteiger partial charge is 0.417 e. The third-order valence-electron chi connectivity index (χ3n) is 6.01. The second-order valence-corrected chi connectivity index (χ2v) is 10.4. The number of carbonyl (C=O) groups is 2. The Kier molecular flexibility index (Phi) is 5.60. The van der Waals surface area contributed by atoms with Gasteiger partial charge in [-0.05, 0) is 59.1 Å². The zero-order valence-electron chi connectivity index (χ0n) is 18.6. The Balaban J connectivity index is 1.79. The molecule has 2 N–H and O–H groups in total. The number of hydrogen-bond donors (Lipinski definition) is 2. The predicted octanol–water partition coefficient (Wildman–Crippen LogP) is 5.94. The van der Waals surface area contributed by atoms with Crippen molar-refractivity contribution in [3.8, 4) is 0 Å². The van der Waals surface area contributed by atoms with E-state index in [0.717, 1.165) is 42.7 Å². The SMILES string of the molecule is CC1(C)OC(C)(C)c2c1sc(NC(=O)c1c(F)cccc1C(F)(F)F)c2C(=O)NC1CCC1. The lowest BCUT2D eigenvalue weighted by atomic mass is 9.91. The fourth-order valence-corrected chi connectivity index (χ4v) is 5.82. The molecule has 2 amide bonds. The van der Waals surface area contributed by atoms with E-state index < -0.39 is 46.1 Å². The minimum absolute atomic E-state index is 0.00144. The number of ether oxygens (including phenoxy) is 1. The first-order valence-corrected chi connectivity index (χ1v) is 11.4. The molecule has 0 radical (unpaired) electrons. The summed E-state index contributed by atoms with van der Waals surface area (Å²) in [5, 5.41) is 5.39. The summed E-state index contributed by atoms with van der Waals surface area (Å²) in [5.74, 6) is -3.00. The van der Waals surface area contributed by atoms with E-state index in [2.05, 4.69) is 10.6 Å². The smallest absolute Gasteiger partial charge is 0.359 e. The minimum Gasteiger partial charge on any atom is -0.359 e. The quantitative estimate of drug-likeness (QED) is 0.528. The van der Waals surface area contributed by atoms with E-state index in [1.165, 1.54) is 0 Å². The van der Waals surface area contributed by atoms with Crippen LogP contribution in [0.1, 0.15) is 83.7 Å². The van der Waals surface area contributed by atoms with Crippen LogP contribution in [-0.2, 0) is 22.1 Å². The van der Waals surface area contributed by atoms with E-state index in [4.69, 9.17) is 4.74 Å². The number of anilines is 1. The monoisotopic (exact) mass is 484 g/mol. The van der Waals surface area contributed by atoms with E-state index in [-0.39, 0.29) is 16.6 Å². The number of alkyl halides is 3. The summed E-state index contributed by atoms with van der Waals surface area (Å²) < 4.78 is 60.8. The summed E-state index contributed by atoms with van der Waals surface area (Å²) in [6.45, 7) is 7.21. The van der Waals surface area contributed by atoms with Gasteiger partial charge in [-0.3, -0.25) is 9.59 Å². The number of amides is 2. The fraction of sp³-hybridized carbons (Fsp3) is 0.478. The van der Waals surface area contributed by atoms with Crippen molar-refractivity contribution in [2.24, 2.45) is 0 Å². The molecule has 1 fully saturated rings. The molecule has 178 valence electrons. The second kappa shape index (κ2) is 7.80. The lowest BCUT2D eigenvalue weighted by Gasteiger charge is -2.28. The average Bonchev–Trinajstić information content (AvgIpc) is 3.11. The van der Waals surface area contributed by atoms with Gasteiger partial charge in [0.2, 0.25) is 0 Å². The van der Waals surface area contributed by atoms with E-state index in [9.17, 15) is 27.2 Å². The molecule has 0 atom stereocenters. The van der Waals surface area contributed by atoms with Crippen LogP contribution in [0.4, 0.5) is 22.6 Å². The van der Waals surface area contributed by atoms with Gasteiger partial charge < -0.3 is 15.4 Å². The molecule has 1 aliphatic heterocycles. The molecular weight excluding hydrogens is 460 g/mol. The molecule has 5 nitrogen and oxygen atoms in total. The summed E-state index contributed by atoms with van der Waals surface area (Å²) in [5.41, 5.74) is -3.43. The molecule has 1 aliphatic carbocycles. The van der Waals surface area contributed by atoms with Crippen LogP contribution in [0.25, 0.3) is 0 Å². The van der Waals surface area contributed by atoms with Crippen LogP contribution in [0.3, 0.4) is 0 Å². The summed E-state index contributed by atoms with van der Waals surface area (Å²) in [6, 6.07) is 2.34. The van der Waals surface area contributed by atoms with Gasteiger partial charge in [-0.2, -0.15) is 13.2 Å².